The molecule has 0 amide bonds. The van der Waals surface area contributed by atoms with Crippen LogP contribution in [0.2, 0.25) is 0 Å². The van der Waals surface area contributed by atoms with Crippen molar-refractivity contribution in [2.75, 3.05) is 6.61 Å². The fourth-order valence-electron chi connectivity index (χ4n) is 0.0645. The molecule has 0 bridgehead atoms. The van der Waals surface area contributed by atoms with Crippen molar-refractivity contribution in [3.05, 3.63) is 0 Å². The molecule has 0 aliphatic carbocycles. The van der Waals surface area contributed by atoms with Crippen molar-refractivity contribution in [3.8, 4) is 12.3 Å². The lowest BCUT2D eigenvalue weighted by Crippen LogP contribution is -2.21. The topological polar surface area (TPSA) is 57.5 Å². The van der Waals surface area contributed by atoms with E-state index in [9.17, 15) is 13.2 Å². The summed E-state index contributed by atoms with van der Waals surface area (Å²) in [7, 11) is 0. The van der Waals surface area contributed by atoms with Gasteiger partial charge in [0.25, 0.3) is 0 Å². The number of carboxylic acids is 1. The Hall–Kier alpha value is -1.22. The number of terminal acetylenes is 1. The van der Waals surface area contributed by atoms with Crippen LogP contribution in [0.1, 0.15) is 6.42 Å². The lowest BCUT2D eigenvalue weighted by Gasteiger charge is -1.93. The Balaban J connectivity index is 0. The van der Waals surface area contributed by atoms with E-state index in [4.69, 9.17) is 21.4 Å². The van der Waals surface area contributed by atoms with E-state index in [2.05, 4.69) is 5.92 Å². The molecule has 0 saturated carbocycles. The molecule has 0 rings (SSSR count). The normalized spacial score (nSPS) is 9.25. The highest BCUT2D eigenvalue weighted by atomic mass is 19.4. The quantitative estimate of drug-likeness (QED) is 0.588. The van der Waals surface area contributed by atoms with Crippen LogP contribution in [0.15, 0.2) is 0 Å². The lowest BCUT2D eigenvalue weighted by molar-refractivity contribution is -0.192. The molecule has 0 saturated heterocycles. The Morgan fingerprint density at radius 2 is 1.83 bits per heavy atom. The molecule has 0 aliphatic rings. The monoisotopic (exact) mass is 184 g/mol. The van der Waals surface area contributed by atoms with Crippen LogP contribution in [0.25, 0.3) is 0 Å². The number of carboxylic acid groups (broad SMARTS) is 1. The number of hydrogen-bond donors (Lipinski definition) is 2. The number of halogens is 3. The number of alkyl halides is 3. The smallest absolute Gasteiger partial charge is 0.475 e. The molecular formula is C6H7F3O3. The van der Waals surface area contributed by atoms with Crippen LogP contribution in [-0.2, 0) is 4.79 Å². The number of aliphatic hydroxyl groups excluding tert-OH is 1. The van der Waals surface area contributed by atoms with Crippen LogP contribution in [0, 0.1) is 12.3 Å². The second kappa shape index (κ2) is 6.49. The highest BCUT2D eigenvalue weighted by Gasteiger charge is 2.38. The zero-order valence-corrected chi connectivity index (χ0v) is 5.93. The van der Waals surface area contributed by atoms with Crippen molar-refractivity contribution in [2.45, 2.75) is 12.6 Å². The molecule has 0 radical (unpaired) electrons. The average Bonchev–Trinajstić information content (AvgIpc) is 1.88. The summed E-state index contributed by atoms with van der Waals surface area (Å²) < 4.78 is 31.7. The molecule has 2 N–H and O–H groups in total. The summed E-state index contributed by atoms with van der Waals surface area (Å²) in [6.45, 7) is 0.108. The third-order valence-corrected chi connectivity index (χ3v) is 0.499. The van der Waals surface area contributed by atoms with Crippen LogP contribution >= 0.6 is 0 Å². The van der Waals surface area contributed by atoms with Gasteiger partial charge in [-0.15, -0.1) is 12.3 Å². The summed E-state index contributed by atoms with van der Waals surface area (Å²) in [5.74, 6) is -0.490. The molecule has 6 heteroatoms. The van der Waals surface area contributed by atoms with Gasteiger partial charge in [-0.2, -0.15) is 13.2 Å². The van der Waals surface area contributed by atoms with E-state index in [0.717, 1.165) is 0 Å². The minimum absolute atomic E-state index is 0.108. The van der Waals surface area contributed by atoms with Crippen molar-refractivity contribution in [3.63, 3.8) is 0 Å². The summed E-state index contributed by atoms with van der Waals surface area (Å²) >= 11 is 0. The third-order valence-electron chi connectivity index (χ3n) is 0.499. The van der Waals surface area contributed by atoms with Crippen molar-refractivity contribution in [1.29, 1.82) is 0 Å². The van der Waals surface area contributed by atoms with E-state index in [0.29, 0.717) is 6.42 Å². The van der Waals surface area contributed by atoms with Gasteiger partial charge in [0.05, 0.1) is 6.61 Å². The largest absolute Gasteiger partial charge is 0.490 e. The molecule has 12 heavy (non-hydrogen) atoms. The van der Waals surface area contributed by atoms with Crippen LogP contribution in [0.5, 0.6) is 0 Å². The zero-order valence-electron chi connectivity index (χ0n) is 5.93. The molecule has 0 atom stereocenters. The molecule has 70 valence electrons. The Morgan fingerprint density at radius 3 is 1.83 bits per heavy atom. The molecule has 0 spiro atoms. The van der Waals surface area contributed by atoms with E-state index < -0.39 is 12.1 Å². The SMILES string of the molecule is C#CCCO.O=C(O)C(F)(F)F. The average molecular weight is 184 g/mol. The summed E-state index contributed by atoms with van der Waals surface area (Å²) in [5.41, 5.74) is 0. The van der Waals surface area contributed by atoms with Gasteiger partial charge in [0.15, 0.2) is 0 Å². The van der Waals surface area contributed by atoms with E-state index in [1.165, 1.54) is 0 Å². The first-order chi connectivity index (χ1) is 5.36. The first-order valence-corrected chi connectivity index (χ1v) is 2.70. The first kappa shape index (κ1) is 13.4. The third kappa shape index (κ3) is 11.6. The molecule has 0 aromatic carbocycles. The van der Waals surface area contributed by atoms with E-state index >= 15 is 0 Å². The molecule has 0 heterocycles. The number of carbonyl (C=O) groups is 1. The van der Waals surface area contributed by atoms with Gasteiger partial charge in [-0.3, -0.25) is 0 Å². The van der Waals surface area contributed by atoms with Crippen molar-refractivity contribution >= 4 is 5.97 Å². The Labute approximate surface area is 66.8 Å². The maximum Gasteiger partial charge on any atom is 0.490 e. The Bertz CT molecular complexity index is 168. The van der Waals surface area contributed by atoms with Gasteiger partial charge < -0.3 is 10.2 Å². The van der Waals surface area contributed by atoms with Gasteiger partial charge in [-0.1, -0.05) is 0 Å². The van der Waals surface area contributed by atoms with Gasteiger partial charge >= 0.3 is 12.1 Å². The lowest BCUT2D eigenvalue weighted by atomic mass is 10.5. The number of aliphatic carboxylic acids is 1. The highest BCUT2D eigenvalue weighted by Crippen LogP contribution is 2.13. The minimum Gasteiger partial charge on any atom is -0.475 e. The molecule has 0 aromatic rings. The Morgan fingerprint density at radius 1 is 1.50 bits per heavy atom. The fraction of sp³-hybridized carbons (Fsp3) is 0.500. The summed E-state index contributed by atoms with van der Waals surface area (Å²) in [6, 6.07) is 0. The van der Waals surface area contributed by atoms with Crippen LogP contribution in [0.4, 0.5) is 13.2 Å². The molecule has 0 fully saturated rings. The van der Waals surface area contributed by atoms with E-state index in [1.807, 2.05) is 0 Å². The van der Waals surface area contributed by atoms with Crippen LogP contribution < -0.4 is 0 Å². The van der Waals surface area contributed by atoms with Crippen molar-refractivity contribution < 1.29 is 28.2 Å². The maximum atomic E-state index is 10.6. The summed E-state index contributed by atoms with van der Waals surface area (Å²) in [5, 5.41) is 15.0. The Kier molecular flexibility index (Phi) is 7.23. The molecule has 3 nitrogen and oxygen atoms in total. The van der Waals surface area contributed by atoms with Crippen molar-refractivity contribution in [1.82, 2.24) is 0 Å². The summed E-state index contributed by atoms with van der Waals surface area (Å²) in [6.07, 6.45) is 0.118. The van der Waals surface area contributed by atoms with Crippen LogP contribution in [0.3, 0.4) is 0 Å². The first-order valence-electron chi connectivity index (χ1n) is 2.70. The molecule has 0 aliphatic heterocycles. The van der Waals surface area contributed by atoms with Gasteiger partial charge in [-0.05, 0) is 0 Å². The number of aliphatic hydroxyl groups is 1. The predicted octanol–water partition coefficient (Wildman–Crippen LogP) is 0.635. The fourth-order valence-corrected chi connectivity index (χ4v) is 0.0645. The second-order valence-corrected chi connectivity index (χ2v) is 1.48. The van der Waals surface area contributed by atoms with Crippen LogP contribution in [-0.4, -0.2) is 29.0 Å². The minimum atomic E-state index is -5.08. The van der Waals surface area contributed by atoms with E-state index in [1.54, 1.807) is 0 Å². The number of hydrogen-bond acceptors (Lipinski definition) is 2. The predicted molar refractivity (Wildman–Crippen MR) is 34.2 cm³/mol. The molecule has 0 aromatic heterocycles. The summed E-state index contributed by atoms with van der Waals surface area (Å²) in [4.78, 5) is 8.90. The van der Waals surface area contributed by atoms with Gasteiger partial charge in [0.2, 0.25) is 0 Å². The standard InChI is InChI=1S/C4H6O.C2HF3O2/c1-2-3-4-5;3-2(4,5)1(6)7/h1,5H,3-4H2;(H,6,7). The van der Waals surface area contributed by atoms with Crippen molar-refractivity contribution in [2.24, 2.45) is 0 Å². The van der Waals surface area contributed by atoms with Gasteiger partial charge in [0.1, 0.15) is 0 Å². The number of rotatable bonds is 1. The highest BCUT2D eigenvalue weighted by molar-refractivity contribution is 5.73. The zero-order chi connectivity index (χ0) is 10.2. The van der Waals surface area contributed by atoms with Gasteiger partial charge in [0, 0.05) is 6.42 Å². The molecule has 0 unspecified atom stereocenters. The van der Waals surface area contributed by atoms with E-state index in [-0.39, 0.29) is 6.61 Å². The maximum absolute atomic E-state index is 10.6. The van der Waals surface area contributed by atoms with Gasteiger partial charge in [-0.25, -0.2) is 4.79 Å². The molecular weight excluding hydrogens is 177 g/mol. The second-order valence-electron chi connectivity index (χ2n) is 1.48.